The minimum absolute atomic E-state index is 0.115. The van der Waals surface area contributed by atoms with Crippen LogP contribution >= 0.6 is 11.6 Å². The van der Waals surface area contributed by atoms with Gasteiger partial charge in [0.2, 0.25) is 0 Å². The average molecular weight is 451 g/mol. The Bertz CT molecular complexity index is 1330. The molecule has 2 atom stereocenters. The largest absolute Gasteiger partial charge is 0.502 e. The van der Waals surface area contributed by atoms with Crippen LogP contribution in [0, 0.1) is 5.82 Å². The first-order chi connectivity index (χ1) is 15.3. The Labute approximate surface area is 188 Å². The minimum atomic E-state index is -0.895. The number of halogens is 2. The summed E-state index contributed by atoms with van der Waals surface area (Å²) >= 11 is 6.07. The molecule has 0 spiro atoms. The molecule has 0 aromatic heterocycles. The van der Waals surface area contributed by atoms with E-state index in [2.05, 4.69) is 10.6 Å². The zero-order valence-corrected chi connectivity index (χ0v) is 17.9. The molecule has 4 aromatic carbocycles. The Kier molecular flexibility index (Phi) is 6.08. The van der Waals surface area contributed by atoms with Gasteiger partial charge < -0.3 is 10.4 Å². The fourth-order valence-electron chi connectivity index (χ4n) is 3.60. The second kappa shape index (κ2) is 8.94. The predicted octanol–water partition coefficient (Wildman–Crippen LogP) is 4.96. The van der Waals surface area contributed by atoms with Gasteiger partial charge in [-0.15, -0.1) is 0 Å². The molecule has 0 fully saturated rings. The molecule has 0 amide bonds. The third kappa shape index (κ3) is 4.42. The molecule has 0 bridgehead atoms. The minimum Gasteiger partial charge on any atom is -0.502 e. The van der Waals surface area contributed by atoms with E-state index in [0.29, 0.717) is 10.7 Å². The number of rotatable bonds is 7. The lowest BCUT2D eigenvalue weighted by atomic mass is 9.96. The standard InChI is InChI=1S/C25H20ClFN2O3/c1-14(16-4-2-6-19(27)12-16)28-21(15-8-10-18(26)11-9-15)17-5-3-7-20(13-17)29-22-23(30)25(32)24(22)31/h2-14,21,28-30H,1H3. The molecule has 0 heterocycles. The molecule has 4 aromatic rings. The highest BCUT2D eigenvalue weighted by molar-refractivity contribution is 6.30. The van der Waals surface area contributed by atoms with Gasteiger partial charge in [0.05, 0.1) is 6.04 Å². The number of hydrogen-bond donors (Lipinski definition) is 3. The second-order valence-corrected chi connectivity index (χ2v) is 8.00. The molecular weight excluding hydrogens is 431 g/mol. The van der Waals surface area contributed by atoms with Crippen LogP contribution in [0.3, 0.4) is 0 Å². The first-order valence-corrected chi connectivity index (χ1v) is 10.4. The van der Waals surface area contributed by atoms with E-state index in [1.807, 2.05) is 37.3 Å². The molecule has 5 nitrogen and oxygen atoms in total. The van der Waals surface area contributed by atoms with Gasteiger partial charge in [-0.25, -0.2) is 4.39 Å². The van der Waals surface area contributed by atoms with Crippen molar-refractivity contribution in [1.82, 2.24) is 5.32 Å². The van der Waals surface area contributed by atoms with Crippen molar-refractivity contribution in [2.45, 2.75) is 19.0 Å². The van der Waals surface area contributed by atoms with E-state index in [1.54, 1.807) is 30.3 Å². The molecule has 0 aliphatic rings. The molecule has 2 unspecified atom stereocenters. The first-order valence-electron chi connectivity index (χ1n) is 9.99. The lowest BCUT2D eigenvalue weighted by Crippen LogP contribution is -2.32. The fraction of sp³-hybridized carbons (Fsp3) is 0.120. The van der Waals surface area contributed by atoms with Crippen LogP contribution in [0.15, 0.2) is 82.4 Å². The maximum absolute atomic E-state index is 13.7. The third-order valence-corrected chi connectivity index (χ3v) is 5.60. The quantitative estimate of drug-likeness (QED) is 0.347. The molecular formula is C25H20ClFN2O3. The Hall–Kier alpha value is -3.48. The highest BCUT2D eigenvalue weighted by Gasteiger charge is 2.22. The maximum Gasteiger partial charge on any atom is 0.271 e. The predicted molar refractivity (Wildman–Crippen MR) is 124 cm³/mol. The van der Waals surface area contributed by atoms with Crippen LogP contribution in [0.2, 0.25) is 5.02 Å². The van der Waals surface area contributed by atoms with Crippen LogP contribution in [-0.2, 0) is 0 Å². The molecule has 0 aliphatic heterocycles. The van der Waals surface area contributed by atoms with Crippen molar-refractivity contribution in [1.29, 1.82) is 0 Å². The summed E-state index contributed by atoms with van der Waals surface area (Å²) in [6.45, 7) is 1.95. The summed E-state index contributed by atoms with van der Waals surface area (Å²) in [7, 11) is 0. The van der Waals surface area contributed by atoms with Gasteiger partial charge in [-0.3, -0.25) is 14.9 Å². The number of aromatic hydroxyl groups is 1. The summed E-state index contributed by atoms with van der Waals surface area (Å²) in [5, 5.41) is 16.6. The lowest BCUT2D eigenvalue weighted by Gasteiger charge is -2.25. The molecule has 32 heavy (non-hydrogen) atoms. The van der Waals surface area contributed by atoms with Crippen LogP contribution in [0.4, 0.5) is 15.8 Å². The maximum atomic E-state index is 13.7. The van der Waals surface area contributed by atoms with Gasteiger partial charge in [0.1, 0.15) is 11.5 Å². The van der Waals surface area contributed by atoms with Crippen molar-refractivity contribution in [3.05, 3.63) is 121 Å². The van der Waals surface area contributed by atoms with E-state index in [-0.39, 0.29) is 23.6 Å². The van der Waals surface area contributed by atoms with Gasteiger partial charge in [-0.1, -0.05) is 48.0 Å². The molecule has 4 rings (SSSR count). The normalized spacial score (nSPS) is 13.1. The van der Waals surface area contributed by atoms with Gasteiger partial charge in [0.15, 0.2) is 5.75 Å². The van der Waals surface area contributed by atoms with Crippen LogP contribution in [0.5, 0.6) is 5.75 Å². The monoisotopic (exact) mass is 450 g/mol. The van der Waals surface area contributed by atoms with Crippen molar-refractivity contribution in [2.75, 3.05) is 5.32 Å². The summed E-state index contributed by atoms with van der Waals surface area (Å²) < 4.78 is 13.7. The number of benzene rings is 3. The van der Waals surface area contributed by atoms with E-state index in [9.17, 15) is 19.1 Å². The van der Waals surface area contributed by atoms with E-state index in [0.717, 1.165) is 16.7 Å². The summed E-state index contributed by atoms with van der Waals surface area (Å²) in [4.78, 5) is 23.0. The zero-order chi connectivity index (χ0) is 22.8. The van der Waals surface area contributed by atoms with Crippen molar-refractivity contribution in [3.8, 4) is 5.75 Å². The average Bonchev–Trinajstić information content (AvgIpc) is 2.81. The van der Waals surface area contributed by atoms with E-state index >= 15 is 0 Å². The summed E-state index contributed by atoms with van der Waals surface area (Å²) in [5.74, 6) is -0.870. The molecule has 3 N–H and O–H groups in total. The Morgan fingerprint density at radius 2 is 1.56 bits per heavy atom. The van der Waals surface area contributed by atoms with E-state index in [4.69, 9.17) is 11.6 Å². The zero-order valence-electron chi connectivity index (χ0n) is 17.1. The van der Waals surface area contributed by atoms with Crippen molar-refractivity contribution < 1.29 is 9.50 Å². The molecule has 0 radical (unpaired) electrons. The molecule has 0 saturated heterocycles. The molecule has 7 heteroatoms. The van der Waals surface area contributed by atoms with E-state index < -0.39 is 16.6 Å². The van der Waals surface area contributed by atoms with Gasteiger partial charge in [-0.2, -0.15) is 0 Å². The van der Waals surface area contributed by atoms with Gasteiger partial charge in [0, 0.05) is 16.8 Å². The van der Waals surface area contributed by atoms with Crippen LogP contribution in [-0.4, -0.2) is 5.11 Å². The van der Waals surface area contributed by atoms with Crippen LogP contribution in [0.1, 0.15) is 35.7 Å². The number of nitrogens with one attached hydrogen (secondary N) is 2. The van der Waals surface area contributed by atoms with Crippen molar-refractivity contribution in [2.24, 2.45) is 0 Å². The Morgan fingerprint density at radius 1 is 0.875 bits per heavy atom. The number of anilines is 2. The van der Waals surface area contributed by atoms with Gasteiger partial charge >= 0.3 is 0 Å². The topological polar surface area (TPSA) is 78.4 Å². The Balaban J connectivity index is 1.67. The second-order valence-electron chi connectivity index (χ2n) is 7.56. The fourth-order valence-corrected chi connectivity index (χ4v) is 3.72. The van der Waals surface area contributed by atoms with Crippen LogP contribution in [0.25, 0.3) is 0 Å². The molecule has 162 valence electrons. The first kappa shape index (κ1) is 21.7. The summed E-state index contributed by atoms with van der Waals surface area (Å²) in [6, 6.07) is 20.6. The molecule has 0 aliphatic carbocycles. The number of hydrogen-bond acceptors (Lipinski definition) is 5. The summed E-state index contributed by atoms with van der Waals surface area (Å²) in [5.41, 5.74) is 1.38. The lowest BCUT2D eigenvalue weighted by molar-refractivity contribution is 0.466. The van der Waals surface area contributed by atoms with E-state index in [1.165, 1.54) is 12.1 Å². The highest BCUT2D eigenvalue weighted by Crippen LogP contribution is 2.30. The van der Waals surface area contributed by atoms with Crippen molar-refractivity contribution in [3.63, 3.8) is 0 Å². The highest BCUT2D eigenvalue weighted by atomic mass is 35.5. The third-order valence-electron chi connectivity index (χ3n) is 5.34. The van der Waals surface area contributed by atoms with Gasteiger partial charge in [0.25, 0.3) is 10.9 Å². The van der Waals surface area contributed by atoms with Gasteiger partial charge in [-0.05, 0) is 60.0 Å². The smallest absolute Gasteiger partial charge is 0.271 e. The molecule has 0 saturated carbocycles. The van der Waals surface area contributed by atoms with Crippen LogP contribution < -0.4 is 21.5 Å². The Morgan fingerprint density at radius 3 is 2.25 bits per heavy atom. The van der Waals surface area contributed by atoms with Crippen molar-refractivity contribution >= 4 is 23.0 Å². The summed E-state index contributed by atoms with van der Waals surface area (Å²) in [6.07, 6.45) is 0. The SMILES string of the molecule is CC(NC(c1ccc(Cl)cc1)c1cccc(Nc2c(O)c(=O)c2=O)c1)c1cccc(F)c1.